The minimum atomic E-state index is -0.682. The van der Waals surface area contributed by atoms with Gasteiger partial charge in [0.15, 0.2) is 0 Å². The molecule has 7 heteroatoms. The summed E-state index contributed by atoms with van der Waals surface area (Å²) < 4.78 is 17.3. The Morgan fingerprint density at radius 2 is 1.32 bits per heavy atom. The summed E-state index contributed by atoms with van der Waals surface area (Å²) in [6.07, 6.45) is 15.5. The maximum atomic E-state index is 12.1. The van der Waals surface area contributed by atoms with Gasteiger partial charge in [-0.05, 0) is 122 Å². The van der Waals surface area contributed by atoms with Gasteiger partial charge >= 0.3 is 11.9 Å². The summed E-state index contributed by atoms with van der Waals surface area (Å²) >= 11 is 0. The highest BCUT2D eigenvalue weighted by molar-refractivity contribution is 5.87. The highest BCUT2D eigenvalue weighted by Crippen LogP contribution is 2.36. The summed E-state index contributed by atoms with van der Waals surface area (Å²) in [7, 11) is 0. The van der Waals surface area contributed by atoms with Crippen LogP contribution in [0.1, 0.15) is 106 Å². The van der Waals surface area contributed by atoms with Crippen LogP contribution in [0.4, 0.5) is 0 Å². The minimum absolute atomic E-state index is 0.163. The van der Waals surface area contributed by atoms with Gasteiger partial charge in [-0.2, -0.15) is 0 Å². The van der Waals surface area contributed by atoms with E-state index < -0.39 is 17.4 Å². The van der Waals surface area contributed by atoms with E-state index in [4.69, 9.17) is 14.2 Å². The van der Waals surface area contributed by atoms with Crippen LogP contribution in [-0.2, 0) is 38.3 Å². The third-order valence-corrected chi connectivity index (χ3v) is 10.4. The van der Waals surface area contributed by atoms with Crippen molar-refractivity contribution in [1.29, 1.82) is 0 Å². The third kappa shape index (κ3) is 13.2. The highest BCUT2D eigenvalue weighted by atomic mass is 16.5. The van der Waals surface area contributed by atoms with Gasteiger partial charge in [-0.3, -0.25) is 0 Å². The summed E-state index contributed by atoms with van der Waals surface area (Å²) in [6.45, 7) is 15.1. The number of aryl methyl sites for hydroxylation is 3. The van der Waals surface area contributed by atoms with Crippen molar-refractivity contribution in [2.24, 2.45) is 5.41 Å². The summed E-state index contributed by atoms with van der Waals surface area (Å²) in [5.74, 6) is 0.255. The van der Waals surface area contributed by atoms with Crippen LogP contribution in [0.25, 0.3) is 16.7 Å². The molecule has 1 aliphatic rings. The van der Waals surface area contributed by atoms with E-state index in [1.165, 1.54) is 36.0 Å². The van der Waals surface area contributed by atoms with Crippen LogP contribution in [0, 0.1) is 5.41 Å². The van der Waals surface area contributed by atoms with Crippen LogP contribution in [0.5, 0.6) is 5.75 Å². The van der Waals surface area contributed by atoms with Crippen LogP contribution in [0.15, 0.2) is 103 Å². The number of allylic oxidation sites excluding steroid dienone is 4. The van der Waals surface area contributed by atoms with Crippen molar-refractivity contribution in [2.45, 2.75) is 97.8 Å². The molecule has 0 saturated carbocycles. The Kier molecular flexibility index (Phi) is 17.4. The Bertz CT molecular complexity index is 1770. The zero-order valence-electron chi connectivity index (χ0n) is 34.0. The molecule has 1 aliphatic carbocycles. The fraction of sp³-hybridized carbons (Fsp3) is 0.429. The number of benzene rings is 3. The Balaban J connectivity index is 1.57. The molecule has 4 rings (SSSR count). The molecule has 0 bridgehead atoms. The number of ether oxygens (including phenoxy) is 3. The van der Waals surface area contributed by atoms with Gasteiger partial charge in [-0.25, -0.2) is 9.59 Å². The molecular weight excluding hydrogens is 701 g/mol. The van der Waals surface area contributed by atoms with Gasteiger partial charge in [0.25, 0.3) is 0 Å². The maximum Gasteiger partial charge on any atom is 0.333 e. The van der Waals surface area contributed by atoms with Gasteiger partial charge in [0.2, 0.25) is 0 Å². The first kappa shape index (κ1) is 44.0. The zero-order chi connectivity index (χ0) is 40.5. The van der Waals surface area contributed by atoms with Gasteiger partial charge in [-0.15, -0.1) is 0 Å². The fourth-order valence-electron chi connectivity index (χ4n) is 6.63. The second kappa shape index (κ2) is 22.1. The van der Waals surface area contributed by atoms with Crippen LogP contribution in [0.3, 0.4) is 0 Å². The van der Waals surface area contributed by atoms with Crippen LogP contribution < -0.4 is 4.74 Å². The molecule has 1 unspecified atom stereocenters. The second-order valence-corrected chi connectivity index (χ2v) is 15.5. The molecule has 0 fully saturated rings. The molecule has 0 radical (unpaired) electrons. The minimum Gasteiger partial charge on any atom is -0.493 e. The van der Waals surface area contributed by atoms with E-state index in [1.54, 1.807) is 13.8 Å². The van der Waals surface area contributed by atoms with Crippen molar-refractivity contribution in [3.8, 4) is 16.9 Å². The molecule has 0 aromatic heterocycles. The molecule has 0 amide bonds. The second-order valence-electron chi connectivity index (χ2n) is 15.5. The highest BCUT2D eigenvalue weighted by Gasteiger charge is 2.23. The first-order chi connectivity index (χ1) is 27.0. The van der Waals surface area contributed by atoms with Crippen LogP contribution in [-0.4, -0.2) is 55.2 Å². The Morgan fingerprint density at radius 1 is 0.750 bits per heavy atom. The van der Waals surface area contributed by atoms with E-state index in [-0.39, 0.29) is 33.0 Å². The summed E-state index contributed by atoms with van der Waals surface area (Å²) in [5.41, 5.74) is 9.14. The van der Waals surface area contributed by atoms with E-state index in [0.29, 0.717) is 49.2 Å². The smallest absolute Gasteiger partial charge is 0.333 e. The number of carbonyl (C=O) groups is 2. The molecular formula is C49H62O7. The number of esters is 2. The lowest BCUT2D eigenvalue weighted by atomic mass is 9.87. The molecule has 0 saturated heterocycles. The predicted molar refractivity (Wildman–Crippen MR) is 227 cm³/mol. The molecule has 300 valence electrons. The lowest BCUT2D eigenvalue weighted by Crippen LogP contribution is -2.28. The summed E-state index contributed by atoms with van der Waals surface area (Å²) in [5, 5.41) is 19.8. The van der Waals surface area contributed by atoms with Gasteiger partial charge < -0.3 is 24.4 Å². The van der Waals surface area contributed by atoms with Crippen molar-refractivity contribution < 1.29 is 34.0 Å². The molecule has 1 atom stereocenters. The number of unbranched alkanes of at least 4 members (excludes halogenated alkanes) is 2. The van der Waals surface area contributed by atoms with E-state index in [9.17, 15) is 19.8 Å². The van der Waals surface area contributed by atoms with Gasteiger partial charge in [-0.1, -0.05) is 107 Å². The van der Waals surface area contributed by atoms with Gasteiger partial charge in [0.05, 0.1) is 33.0 Å². The molecule has 56 heavy (non-hydrogen) atoms. The van der Waals surface area contributed by atoms with Gasteiger partial charge in [0, 0.05) is 22.5 Å². The zero-order valence-corrected chi connectivity index (χ0v) is 34.0. The summed E-state index contributed by atoms with van der Waals surface area (Å²) in [4.78, 5) is 24.2. The Hall–Kier alpha value is -4.72. The fourth-order valence-corrected chi connectivity index (χ4v) is 6.63. The molecule has 3 aromatic rings. The molecule has 0 aliphatic heterocycles. The lowest BCUT2D eigenvalue weighted by Gasteiger charge is -2.25. The Morgan fingerprint density at radius 3 is 1.82 bits per heavy atom. The molecule has 0 spiro atoms. The number of aliphatic hydroxyl groups is 2. The standard InChI is InChI=1S/C49H62O7/c1-7-8-9-12-37-15-17-38(18-16-37)39-19-21-40(22-20-39)41-23-25-42(26-24-41)45-31-43(13-10-28-55-47(52)35(2)3)46(54-30-27-49(6,33-50)34-51)44(32-45)14-11-29-56-48(53)36(4)5/h15-19,21-26,31-32,39,50-51H,2,4,7-14,20,27-30,33-34H2,1,3,5-6H3. The SMILES string of the molecule is C=C(C)C(=O)OCCCc1cc(-c2ccc(C3=CCC(c4ccc(CCCCC)cc4)C=C3)cc2)cc(CCCOC(=O)C(=C)C)c1OCCC(C)(CO)CO. The van der Waals surface area contributed by atoms with E-state index >= 15 is 0 Å². The van der Waals surface area contributed by atoms with Crippen molar-refractivity contribution in [3.63, 3.8) is 0 Å². The third-order valence-electron chi connectivity index (χ3n) is 10.4. The number of aliphatic hydroxyl groups excluding tert-OH is 2. The molecule has 3 aromatic carbocycles. The largest absolute Gasteiger partial charge is 0.493 e. The molecule has 2 N–H and O–H groups in total. The summed E-state index contributed by atoms with van der Waals surface area (Å²) in [6, 6.07) is 22.0. The molecule has 7 nitrogen and oxygen atoms in total. The lowest BCUT2D eigenvalue weighted by molar-refractivity contribution is -0.139. The maximum absolute atomic E-state index is 12.1. The number of rotatable bonds is 23. The van der Waals surface area contributed by atoms with Crippen molar-refractivity contribution in [3.05, 3.63) is 131 Å². The average molecular weight is 763 g/mol. The van der Waals surface area contributed by atoms with Gasteiger partial charge in [0.1, 0.15) is 5.75 Å². The normalized spacial score (nSPS) is 13.9. The Labute approximate surface area is 334 Å². The van der Waals surface area contributed by atoms with E-state index in [1.807, 2.05) is 6.92 Å². The number of hydrogen-bond acceptors (Lipinski definition) is 7. The first-order valence-corrected chi connectivity index (χ1v) is 20.2. The van der Waals surface area contributed by atoms with Crippen molar-refractivity contribution in [2.75, 3.05) is 33.0 Å². The quantitative estimate of drug-likeness (QED) is 0.0563. The van der Waals surface area contributed by atoms with Crippen LogP contribution in [0.2, 0.25) is 0 Å². The average Bonchev–Trinajstić information content (AvgIpc) is 3.21. The predicted octanol–water partition coefficient (Wildman–Crippen LogP) is 10.1. The van der Waals surface area contributed by atoms with Crippen LogP contribution >= 0.6 is 0 Å². The first-order valence-electron chi connectivity index (χ1n) is 20.2. The molecule has 0 heterocycles. The van der Waals surface area contributed by atoms with E-state index in [2.05, 4.69) is 99.0 Å². The van der Waals surface area contributed by atoms with Crippen molar-refractivity contribution >= 4 is 17.5 Å². The van der Waals surface area contributed by atoms with E-state index in [0.717, 1.165) is 46.4 Å². The van der Waals surface area contributed by atoms with Crippen molar-refractivity contribution in [1.82, 2.24) is 0 Å². The number of carbonyl (C=O) groups excluding carboxylic acids is 2. The monoisotopic (exact) mass is 762 g/mol. The topological polar surface area (TPSA) is 102 Å². The number of hydrogen-bond donors (Lipinski definition) is 2.